The maximum absolute atomic E-state index is 11.0. The number of nitrogens with two attached hydrogens (primary N) is 1. The molecule has 3 nitrogen and oxygen atoms in total. The second-order valence-electron chi connectivity index (χ2n) is 3.56. The molecule has 1 atom stereocenters. The molecule has 16 heavy (non-hydrogen) atoms. The van der Waals surface area contributed by atoms with Gasteiger partial charge in [0.15, 0.2) is 0 Å². The second-order valence-corrected chi connectivity index (χ2v) is 4.45. The van der Waals surface area contributed by atoms with Gasteiger partial charge in [-0.05, 0) is 6.92 Å². The van der Waals surface area contributed by atoms with Crippen molar-refractivity contribution in [2.75, 3.05) is 0 Å². The lowest BCUT2D eigenvalue weighted by atomic mass is 10.1. The summed E-state index contributed by atoms with van der Waals surface area (Å²) in [5.41, 5.74) is 7.20. The molecule has 1 heterocycles. The summed E-state index contributed by atoms with van der Waals surface area (Å²) < 4.78 is 0. The van der Waals surface area contributed by atoms with E-state index in [4.69, 9.17) is 5.73 Å². The van der Waals surface area contributed by atoms with Crippen LogP contribution in [0.15, 0.2) is 35.7 Å². The van der Waals surface area contributed by atoms with Crippen molar-refractivity contribution in [2.45, 2.75) is 12.8 Å². The van der Waals surface area contributed by atoms with Crippen LogP contribution in [-0.2, 0) is 4.79 Å². The smallest absolute Gasteiger partial charge is 0.227 e. The van der Waals surface area contributed by atoms with Crippen LogP contribution in [0.3, 0.4) is 0 Å². The Morgan fingerprint density at radius 3 is 2.69 bits per heavy atom. The lowest BCUT2D eigenvalue weighted by Crippen LogP contribution is -2.18. The highest BCUT2D eigenvalue weighted by Crippen LogP contribution is 2.25. The molecule has 82 valence electrons. The van der Waals surface area contributed by atoms with E-state index in [9.17, 15) is 4.79 Å². The first-order valence-electron chi connectivity index (χ1n) is 4.98. The summed E-state index contributed by atoms with van der Waals surface area (Å²) in [7, 11) is 0. The molecule has 2 N–H and O–H groups in total. The van der Waals surface area contributed by atoms with Gasteiger partial charge in [0.1, 0.15) is 5.01 Å². The molecule has 4 heteroatoms. The topological polar surface area (TPSA) is 56.0 Å². The van der Waals surface area contributed by atoms with Crippen LogP contribution in [0.5, 0.6) is 0 Å². The Balaban J connectivity index is 2.30. The summed E-state index contributed by atoms with van der Waals surface area (Å²) in [4.78, 5) is 15.5. The molecule has 0 radical (unpaired) electrons. The lowest BCUT2D eigenvalue weighted by Gasteiger charge is -2.01. The maximum atomic E-state index is 11.0. The third kappa shape index (κ3) is 2.12. The Labute approximate surface area is 97.9 Å². The number of thiazole rings is 1. The van der Waals surface area contributed by atoms with Crippen LogP contribution >= 0.6 is 11.3 Å². The monoisotopic (exact) mass is 232 g/mol. The van der Waals surface area contributed by atoms with E-state index < -0.39 is 0 Å². The standard InChI is InChI=1S/C12H12N2OS/c1-8(11(13)15)12-14-10(7-16-12)9-5-3-2-4-6-9/h2-8H,1H3,(H2,13,15). The van der Waals surface area contributed by atoms with E-state index in [1.807, 2.05) is 35.7 Å². The number of aromatic nitrogens is 1. The molecule has 2 rings (SSSR count). The van der Waals surface area contributed by atoms with Gasteiger partial charge < -0.3 is 5.73 Å². The molecule has 0 spiro atoms. The number of rotatable bonds is 3. The van der Waals surface area contributed by atoms with E-state index in [1.165, 1.54) is 11.3 Å². The molecule has 0 saturated heterocycles. The zero-order valence-electron chi connectivity index (χ0n) is 8.88. The van der Waals surface area contributed by atoms with Gasteiger partial charge >= 0.3 is 0 Å². The normalized spacial score (nSPS) is 12.3. The highest BCUT2D eigenvalue weighted by molar-refractivity contribution is 7.10. The first-order chi connectivity index (χ1) is 7.68. The van der Waals surface area contributed by atoms with Crippen molar-refractivity contribution >= 4 is 17.2 Å². The highest BCUT2D eigenvalue weighted by atomic mass is 32.1. The molecule has 0 fully saturated rings. The number of carbonyl (C=O) groups excluding carboxylic acids is 1. The van der Waals surface area contributed by atoms with Crippen molar-refractivity contribution in [1.29, 1.82) is 0 Å². The summed E-state index contributed by atoms with van der Waals surface area (Å²) in [6, 6.07) is 9.88. The Morgan fingerprint density at radius 1 is 1.38 bits per heavy atom. The Kier molecular flexibility index (Phi) is 3.01. The molecule has 0 aliphatic rings. The van der Waals surface area contributed by atoms with E-state index >= 15 is 0 Å². The average Bonchev–Trinajstić information content (AvgIpc) is 2.78. The van der Waals surface area contributed by atoms with E-state index in [-0.39, 0.29) is 11.8 Å². The van der Waals surface area contributed by atoms with Gasteiger partial charge in [-0.2, -0.15) is 0 Å². The zero-order chi connectivity index (χ0) is 11.5. The predicted molar refractivity (Wildman–Crippen MR) is 65.2 cm³/mol. The van der Waals surface area contributed by atoms with Gasteiger partial charge in [0.2, 0.25) is 5.91 Å². The van der Waals surface area contributed by atoms with Crippen molar-refractivity contribution in [2.24, 2.45) is 5.73 Å². The fourth-order valence-corrected chi connectivity index (χ4v) is 2.24. The summed E-state index contributed by atoms with van der Waals surface area (Å²) >= 11 is 1.47. The zero-order valence-corrected chi connectivity index (χ0v) is 9.70. The first-order valence-corrected chi connectivity index (χ1v) is 5.86. The SMILES string of the molecule is CC(C(N)=O)c1nc(-c2ccccc2)cs1. The molecular weight excluding hydrogens is 220 g/mol. The van der Waals surface area contributed by atoms with Crippen molar-refractivity contribution in [3.05, 3.63) is 40.7 Å². The second kappa shape index (κ2) is 4.45. The molecular formula is C12H12N2OS. The van der Waals surface area contributed by atoms with Gasteiger partial charge in [-0.25, -0.2) is 4.98 Å². The lowest BCUT2D eigenvalue weighted by molar-refractivity contribution is -0.119. The molecule has 1 aromatic heterocycles. The van der Waals surface area contributed by atoms with Gasteiger partial charge in [-0.1, -0.05) is 30.3 Å². The average molecular weight is 232 g/mol. The molecule has 1 aromatic carbocycles. The largest absolute Gasteiger partial charge is 0.369 e. The van der Waals surface area contributed by atoms with Gasteiger partial charge in [0.05, 0.1) is 11.6 Å². The molecule has 2 aromatic rings. The minimum Gasteiger partial charge on any atom is -0.369 e. The molecule has 0 saturated carbocycles. The van der Waals surface area contributed by atoms with Crippen LogP contribution in [0.25, 0.3) is 11.3 Å². The number of hydrogen-bond donors (Lipinski definition) is 1. The molecule has 0 aliphatic carbocycles. The van der Waals surface area contributed by atoms with Crippen LogP contribution in [-0.4, -0.2) is 10.9 Å². The van der Waals surface area contributed by atoms with E-state index in [0.717, 1.165) is 16.3 Å². The first kappa shape index (κ1) is 10.8. The van der Waals surface area contributed by atoms with Crippen LogP contribution in [0.1, 0.15) is 17.8 Å². The fraction of sp³-hybridized carbons (Fsp3) is 0.167. The van der Waals surface area contributed by atoms with E-state index in [0.29, 0.717) is 0 Å². The maximum Gasteiger partial charge on any atom is 0.227 e. The quantitative estimate of drug-likeness (QED) is 0.883. The summed E-state index contributed by atoms with van der Waals surface area (Å²) in [5, 5.41) is 2.72. The fourth-order valence-electron chi connectivity index (χ4n) is 1.35. The Hall–Kier alpha value is -1.68. The van der Waals surface area contributed by atoms with Crippen LogP contribution < -0.4 is 5.73 Å². The van der Waals surface area contributed by atoms with Gasteiger partial charge in [-0.3, -0.25) is 4.79 Å². The summed E-state index contributed by atoms with van der Waals surface area (Å²) in [5.74, 6) is -0.656. The molecule has 0 bridgehead atoms. The third-order valence-corrected chi connectivity index (χ3v) is 3.42. The number of hydrogen-bond acceptors (Lipinski definition) is 3. The Morgan fingerprint density at radius 2 is 2.06 bits per heavy atom. The number of benzene rings is 1. The highest BCUT2D eigenvalue weighted by Gasteiger charge is 2.15. The van der Waals surface area contributed by atoms with Crippen molar-refractivity contribution in [1.82, 2.24) is 4.98 Å². The molecule has 1 amide bonds. The van der Waals surface area contributed by atoms with Gasteiger partial charge in [-0.15, -0.1) is 11.3 Å². The van der Waals surface area contributed by atoms with Crippen molar-refractivity contribution < 1.29 is 4.79 Å². The van der Waals surface area contributed by atoms with Crippen LogP contribution in [0, 0.1) is 0 Å². The summed E-state index contributed by atoms with van der Waals surface area (Å²) in [6.45, 7) is 1.77. The van der Waals surface area contributed by atoms with E-state index in [2.05, 4.69) is 4.98 Å². The molecule has 0 aliphatic heterocycles. The summed E-state index contributed by atoms with van der Waals surface area (Å²) in [6.07, 6.45) is 0. The number of primary amides is 1. The van der Waals surface area contributed by atoms with Crippen LogP contribution in [0.2, 0.25) is 0 Å². The predicted octanol–water partition coefficient (Wildman–Crippen LogP) is 2.40. The number of amides is 1. The molecule has 1 unspecified atom stereocenters. The number of carbonyl (C=O) groups is 1. The minimum absolute atomic E-state index is 0.317. The third-order valence-electron chi connectivity index (χ3n) is 2.39. The van der Waals surface area contributed by atoms with Gasteiger partial charge in [0, 0.05) is 10.9 Å². The minimum atomic E-state index is -0.339. The van der Waals surface area contributed by atoms with Gasteiger partial charge in [0.25, 0.3) is 0 Å². The van der Waals surface area contributed by atoms with Crippen molar-refractivity contribution in [3.63, 3.8) is 0 Å². The van der Waals surface area contributed by atoms with Crippen LogP contribution in [0.4, 0.5) is 0 Å². The van der Waals surface area contributed by atoms with Crippen molar-refractivity contribution in [3.8, 4) is 11.3 Å². The number of nitrogens with zero attached hydrogens (tertiary/aromatic N) is 1. The van der Waals surface area contributed by atoms with E-state index in [1.54, 1.807) is 6.92 Å². The Bertz CT molecular complexity index is 493.